The van der Waals surface area contributed by atoms with E-state index in [1.165, 1.54) is 0 Å². The van der Waals surface area contributed by atoms with Crippen LogP contribution in [-0.4, -0.2) is 14.2 Å². The summed E-state index contributed by atoms with van der Waals surface area (Å²) in [5, 5.41) is 7.03. The van der Waals surface area contributed by atoms with Crippen molar-refractivity contribution < 1.29 is 4.74 Å². The molecule has 2 N–H and O–H groups in total. The molecule has 2 aromatic rings. The normalized spacial score (nSPS) is 9.94. The highest BCUT2D eigenvalue weighted by Crippen LogP contribution is 2.30. The molecule has 94 valence electrons. The second-order valence-electron chi connectivity index (χ2n) is 3.80. The van der Waals surface area contributed by atoms with Gasteiger partial charge in [0.2, 0.25) is 0 Å². The molecule has 3 nitrogen and oxygen atoms in total. The van der Waals surface area contributed by atoms with Gasteiger partial charge in [-0.2, -0.15) is 0 Å². The molecule has 0 spiro atoms. The van der Waals surface area contributed by atoms with Gasteiger partial charge in [0.15, 0.2) is 0 Å². The van der Waals surface area contributed by atoms with Gasteiger partial charge in [0.1, 0.15) is 5.75 Å². The van der Waals surface area contributed by atoms with E-state index in [9.17, 15) is 0 Å². The maximum atomic E-state index is 5.98. The summed E-state index contributed by atoms with van der Waals surface area (Å²) in [6.45, 7) is 0. The third kappa shape index (κ3) is 2.87. The quantitative estimate of drug-likeness (QED) is 0.869. The van der Waals surface area contributed by atoms with Gasteiger partial charge in [0.05, 0.1) is 12.8 Å². The Morgan fingerprint density at radius 3 is 2.28 bits per heavy atom. The van der Waals surface area contributed by atoms with E-state index in [1.54, 1.807) is 13.2 Å². The van der Waals surface area contributed by atoms with E-state index in [0.717, 1.165) is 22.8 Å². The van der Waals surface area contributed by atoms with E-state index in [2.05, 4.69) is 10.6 Å². The fourth-order valence-electron chi connectivity index (χ4n) is 1.65. The molecule has 0 atom stereocenters. The first-order valence-electron chi connectivity index (χ1n) is 5.61. The van der Waals surface area contributed by atoms with Crippen molar-refractivity contribution in [1.29, 1.82) is 0 Å². The van der Waals surface area contributed by atoms with Crippen LogP contribution in [0.15, 0.2) is 42.5 Å². The van der Waals surface area contributed by atoms with Crippen LogP contribution in [0.5, 0.6) is 5.75 Å². The first-order chi connectivity index (χ1) is 8.72. The van der Waals surface area contributed by atoms with Crippen molar-refractivity contribution in [2.24, 2.45) is 0 Å². The fourth-order valence-corrected chi connectivity index (χ4v) is 1.83. The van der Waals surface area contributed by atoms with Crippen LogP contribution in [0.4, 0.5) is 17.1 Å². The highest BCUT2D eigenvalue weighted by Gasteiger charge is 2.04. The van der Waals surface area contributed by atoms with Crippen LogP contribution in [0, 0.1) is 0 Å². The molecule has 0 aliphatic carbocycles. The molecule has 0 saturated carbocycles. The maximum absolute atomic E-state index is 5.98. The van der Waals surface area contributed by atoms with Crippen molar-refractivity contribution in [2.45, 2.75) is 0 Å². The summed E-state index contributed by atoms with van der Waals surface area (Å²) in [5.41, 5.74) is 2.90. The van der Waals surface area contributed by atoms with Gasteiger partial charge in [-0.3, -0.25) is 0 Å². The van der Waals surface area contributed by atoms with Crippen LogP contribution in [0.3, 0.4) is 0 Å². The molecule has 2 rings (SSSR count). The van der Waals surface area contributed by atoms with Crippen LogP contribution in [-0.2, 0) is 0 Å². The Morgan fingerprint density at radius 2 is 1.67 bits per heavy atom. The highest BCUT2D eigenvalue weighted by molar-refractivity contribution is 6.31. The predicted molar refractivity (Wildman–Crippen MR) is 77.3 cm³/mol. The van der Waals surface area contributed by atoms with Crippen LogP contribution < -0.4 is 15.4 Å². The molecule has 0 aromatic heterocycles. The molecular formula is C14H15ClN2O. The summed E-state index contributed by atoms with van der Waals surface area (Å²) in [6.07, 6.45) is 0. The number of hydrogen-bond acceptors (Lipinski definition) is 3. The summed E-state index contributed by atoms with van der Waals surface area (Å²) in [6, 6.07) is 13.5. The van der Waals surface area contributed by atoms with Gasteiger partial charge in [-0.15, -0.1) is 0 Å². The second kappa shape index (κ2) is 5.65. The lowest BCUT2D eigenvalue weighted by Gasteiger charge is -2.12. The molecule has 4 heteroatoms. The molecule has 0 aliphatic rings. The lowest BCUT2D eigenvalue weighted by molar-refractivity contribution is 0.417. The van der Waals surface area contributed by atoms with E-state index in [1.807, 2.05) is 43.4 Å². The molecule has 0 heterocycles. The average Bonchev–Trinajstić information content (AvgIpc) is 2.40. The van der Waals surface area contributed by atoms with Crippen LogP contribution in [0.2, 0.25) is 5.02 Å². The highest BCUT2D eigenvalue weighted by atomic mass is 35.5. The van der Waals surface area contributed by atoms with Crippen molar-refractivity contribution in [3.63, 3.8) is 0 Å². The molecule has 0 bridgehead atoms. The van der Waals surface area contributed by atoms with Crippen LogP contribution in [0.1, 0.15) is 0 Å². The Morgan fingerprint density at radius 1 is 1.00 bits per heavy atom. The minimum absolute atomic E-state index is 0.671. The van der Waals surface area contributed by atoms with E-state index in [-0.39, 0.29) is 0 Å². The molecule has 0 saturated heterocycles. The number of ether oxygens (including phenoxy) is 1. The Labute approximate surface area is 112 Å². The molecule has 0 radical (unpaired) electrons. The zero-order chi connectivity index (χ0) is 13.0. The maximum Gasteiger partial charge on any atom is 0.142 e. The third-order valence-electron chi connectivity index (χ3n) is 2.61. The first kappa shape index (κ1) is 12.6. The van der Waals surface area contributed by atoms with Gasteiger partial charge >= 0.3 is 0 Å². The van der Waals surface area contributed by atoms with Gasteiger partial charge in [-0.25, -0.2) is 0 Å². The Balaban J connectivity index is 2.24. The predicted octanol–water partition coefficient (Wildman–Crippen LogP) is 4.13. The summed E-state index contributed by atoms with van der Waals surface area (Å²) < 4.78 is 5.28. The topological polar surface area (TPSA) is 33.3 Å². The van der Waals surface area contributed by atoms with Gasteiger partial charge < -0.3 is 15.4 Å². The number of nitrogens with one attached hydrogen (secondary N) is 2. The largest absolute Gasteiger partial charge is 0.495 e. The number of anilines is 3. The molecule has 0 fully saturated rings. The van der Waals surface area contributed by atoms with Gasteiger partial charge in [-0.05, 0) is 42.5 Å². The molecule has 0 amide bonds. The standard InChI is InChI=1S/C14H15ClN2O/c1-16-11-4-6-12(7-5-11)17-13-9-10(15)3-8-14(13)18-2/h3-9,16-17H,1-2H3. The lowest BCUT2D eigenvalue weighted by Crippen LogP contribution is -1.95. The summed E-state index contributed by atoms with van der Waals surface area (Å²) >= 11 is 5.98. The zero-order valence-corrected chi connectivity index (χ0v) is 11.1. The average molecular weight is 263 g/mol. The van der Waals surface area contributed by atoms with Crippen molar-refractivity contribution in [3.05, 3.63) is 47.5 Å². The smallest absolute Gasteiger partial charge is 0.142 e. The minimum Gasteiger partial charge on any atom is -0.495 e. The number of methoxy groups -OCH3 is 1. The summed E-state index contributed by atoms with van der Waals surface area (Å²) in [7, 11) is 3.53. The Kier molecular flexibility index (Phi) is 3.95. The molecular weight excluding hydrogens is 248 g/mol. The summed E-state index contributed by atoms with van der Waals surface area (Å²) in [4.78, 5) is 0. The number of benzene rings is 2. The van der Waals surface area contributed by atoms with Crippen molar-refractivity contribution >= 4 is 28.7 Å². The zero-order valence-electron chi connectivity index (χ0n) is 10.3. The summed E-state index contributed by atoms with van der Waals surface area (Å²) in [5.74, 6) is 0.761. The van der Waals surface area contributed by atoms with E-state index in [4.69, 9.17) is 16.3 Å². The number of rotatable bonds is 4. The van der Waals surface area contributed by atoms with E-state index >= 15 is 0 Å². The van der Waals surface area contributed by atoms with Crippen molar-refractivity contribution in [1.82, 2.24) is 0 Å². The van der Waals surface area contributed by atoms with Crippen molar-refractivity contribution in [2.75, 3.05) is 24.8 Å². The van der Waals surface area contributed by atoms with Gasteiger partial charge in [0, 0.05) is 23.4 Å². The van der Waals surface area contributed by atoms with Gasteiger partial charge in [-0.1, -0.05) is 11.6 Å². The van der Waals surface area contributed by atoms with Crippen LogP contribution >= 0.6 is 11.6 Å². The molecule has 0 aliphatic heterocycles. The lowest BCUT2D eigenvalue weighted by atomic mass is 10.2. The third-order valence-corrected chi connectivity index (χ3v) is 2.85. The molecule has 0 unspecified atom stereocenters. The number of hydrogen-bond donors (Lipinski definition) is 2. The second-order valence-corrected chi connectivity index (χ2v) is 4.23. The Hall–Kier alpha value is -1.87. The Bertz CT molecular complexity index is 526. The van der Waals surface area contributed by atoms with Gasteiger partial charge in [0.25, 0.3) is 0 Å². The van der Waals surface area contributed by atoms with E-state index < -0.39 is 0 Å². The minimum atomic E-state index is 0.671. The number of halogens is 1. The van der Waals surface area contributed by atoms with Crippen LogP contribution in [0.25, 0.3) is 0 Å². The van der Waals surface area contributed by atoms with Crippen molar-refractivity contribution in [3.8, 4) is 5.75 Å². The SMILES string of the molecule is CNc1ccc(Nc2cc(Cl)ccc2OC)cc1. The molecule has 2 aromatic carbocycles. The first-order valence-corrected chi connectivity index (χ1v) is 5.99. The molecule has 18 heavy (non-hydrogen) atoms. The van der Waals surface area contributed by atoms with E-state index in [0.29, 0.717) is 5.02 Å². The fraction of sp³-hybridized carbons (Fsp3) is 0.143. The monoisotopic (exact) mass is 262 g/mol.